The van der Waals surface area contributed by atoms with Gasteiger partial charge in [-0.3, -0.25) is 9.69 Å². The Hall–Kier alpha value is -0.570. The molecular formula is C9H18N2O. The maximum atomic E-state index is 11.4. The van der Waals surface area contributed by atoms with Crippen LogP contribution in [-0.2, 0) is 4.79 Å². The normalized spacial score (nSPS) is 20.7. The van der Waals surface area contributed by atoms with Gasteiger partial charge in [-0.25, -0.2) is 0 Å². The van der Waals surface area contributed by atoms with Crippen molar-refractivity contribution < 1.29 is 4.79 Å². The predicted molar refractivity (Wildman–Crippen MR) is 48.7 cm³/mol. The third kappa shape index (κ3) is 1.78. The van der Waals surface area contributed by atoms with Crippen LogP contribution in [-0.4, -0.2) is 42.5 Å². The van der Waals surface area contributed by atoms with E-state index in [0.717, 1.165) is 25.8 Å². The topological polar surface area (TPSA) is 23.6 Å². The van der Waals surface area contributed by atoms with Gasteiger partial charge in [0.2, 0.25) is 5.91 Å². The number of nitrogens with zero attached hydrogens (tertiary/aromatic N) is 2. The average Bonchev–Trinajstić information content (AvgIpc) is 2.38. The molecule has 1 unspecified atom stereocenters. The molecule has 1 atom stereocenters. The first kappa shape index (κ1) is 9.52. The van der Waals surface area contributed by atoms with E-state index in [1.165, 1.54) is 0 Å². The number of amides is 1. The van der Waals surface area contributed by atoms with Crippen molar-refractivity contribution in [1.29, 1.82) is 0 Å². The van der Waals surface area contributed by atoms with Gasteiger partial charge in [0, 0.05) is 13.0 Å². The maximum absolute atomic E-state index is 11.4. The van der Waals surface area contributed by atoms with Gasteiger partial charge in [-0.2, -0.15) is 0 Å². The number of carbonyl (C=O) groups excluding carboxylic acids is 1. The van der Waals surface area contributed by atoms with Gasteiger partial charge >= 0.3 is 0 Å². The highest BCUT2D eigenvalue weighted by atomic mass is 16.2. The Morgan fingerprint density at radius 3 is 2.58 bits per heavy atom. The lowest BCUT2D eigenvalue weighted by Crippen LogP contribution is -2.45. The van der Waals surface area contributed by atoms with Crippen LogP contribution in [0, 0.1) is 0 Å². The molecule has 0 radical (unpaired) electrons. The molecule has 1 fully saturated rings. The largest absolute Gasteiger partial charge is 0.327 e. The lowest BCUT2D eigenvalue weighted by molar-refractivity contribution is -0.132. The summed E-state index contributed by atoms with van der Waals surface area (Å²) in [6, 6.07) is 0. The van der Waals surface area contributed by atoms with E-state index in [9.17, 15) is 4.79 Å². The molecule has 1 saturated heterocycles. The standard InChI is InChI=1S/C9H18N2O/c1-4-8(10(2)3)11-7-5-6-9(11)12/h8H,4-7H2,1-3H3. The monoisotopic (exact) mass is 170 g/mol. The number of rotatable bonds is 3. The molecule has 0 aromatic carbocycles. The van der Waals surface area contributed by atoms with Crippen LogP contribution in [0.15, 0.2) is 0 Å². The summed E-state index contributed by atoms with van der Waals surface area (Å²) in [5, 5.41) is 0. The summed E-state index contributed by atoms with van der Waals surface area (Å²) >= 11 is 0. The summed E-state index contributed by atoms with van der Waals surface area (Å²) in [5.41, 5.74) is 0. The second kappa shape index (κ2) is 3.90. The van der Waals surface area contributed by atoms with Crippen LogP contribution in [0.25, 0.3) is 0 Å². The smallest absolute Gasteiger partial charge is 0.223 e. The van der Waals surface area contributed by atoms with E-state index in [1.807, 2.05) is 19.0 Å². The first-order chi connectivity index (χ1) is 5.66. The van der Waals surface area contributed by atoms with E-state index in [-0.39, 0.29) is 0 Å². The van der Waals surface area contributed by atoms with E-state index in [4.69, 9.17) is 0 Å². The zero-order valence-electron chi connectivity index (χ0n) is 8.21. The summed E-state index contributed by atoms with van der Waals surface area (Å²) < 4.78 is 0. The Morgan fingerprint density at radius 2 is 2.25 bits per heavy atom. The molecule has 0 N–H and O–H groups in total. The molecular weight excluding hydrogens is 152 g/mol. The lowest BCUT2D eigenvalue weighted by Gasteiger charge is -2.32. The molecule has 3 heteroatoms. The van der Waals surface area contributed by atoms with Crippen molar-refractivity contribution in [1.82, 2.24) is 9.80 Å². The minimum absolute atomic E-state index is 0.306. The van der Waals surface area contributed by atoms with Gasteiger partial charge in [-0.05, 0) is 26.9 Å². The minimum atomic E-state index is 0.306. The molecule has 0 bridgehead atoms. The maximum Gasteiger partial charge on any atom is 0.223 e. The summed E-state index contributed by atoms with van der Waals surface area (Å²) in [4.78, 5) is 15.5. The highest BCUT2D eigenvalue weighted by molar-refractivity contribution is 5.78. The molecule has 70 valence electrons. The van der Waals surface area contributed by atoms with E-state index >= 15 is 0 Å². The predicted octanol–water partition coefficient (Wildman–Crippen LogP) is 0.907. The first-order valence-corrected chi connectivity index (χ1v) is 4.62. The van der Waals surface area contributed by atoms with Crippen molar-refractivity contribution in [2.45, 2.75) is 32.4 Å². The number of carbonyl (C=O) groups is 1. The van der Waals surface area contributed by atoms with Crippen LogP contribution in [0.2, 0.25) is 0 Å². The van der Waals surface area contributed by atoms with Gasteiger partial charge in [0.25, 0.3) is 0 Å². The van der Waals surface area contributed by atoms with Crippen molar-refractivity contribution in [3.63, 3.8) is 0 Å². The van der Waals surface area contributed by atoms with Gasteiger partial charge in [0.05, 0.1) is 6.17 Å². The van der Waals surface area contributed by atoms with Gasteiger partial charge in [-0.1, -0.05) is 6.92 Å². The van der Waals surface area contributed by atoms with Crippen LogP contribution in [0.5, 0.6) is 0 Å². The lowest BCUT2D eigenvalue weighted by atomic mass is 10.3. The molecule has 0 aromatic heterocycles. The number of likely N-dealkylation sites (tertiary alicyclic amines) is 1. The number of hydrogen-bond acceptors (Lipinski definition) is 2. The molecule has 1 amide bonds. The van der Waals surface area contributed by atoms with E-state index in [1.54, 1.807) is 0 Å². The van der Waals surface area contributed by atoms with Crippen LogP contribution >= 0.6 is 0 Å². The van der Waals surface area contributed by atoms with Gasteiger partial charge in [0.15, 0.2) is 0 Å². The molecule has 0 spiro atoms. The Balaban J connectivity index is 2.58. The molecule has 1 rings (SSSR count). The molecule has 0 saturated carbocycles. The molecule has 12 heavy (non-hydrogen) atoms. The highest BCUT2D eigenvalue weighted by Crippen LogP contribution is 2.16. The zero-order chi connectivity index (χ0) is 9.14. The Bertz CT molecular complexity index is 168. The van der Waals surface area contributed by atoms with Crippen molar-refractivity contribution in [2.24, 2.45) is 0 Å². The van der Waals surface area contributed by atoms with Crippen LogP contribution in [0.3, 0.4) is 0 Å². The fourth-order valence-corrected chi connectivity index (χ4v) is 1.85. The highest BCUT2D eigenvalue weighted by Gasteiger charge is 2.27. The fraction of sp³-hybridized carbons (Fsp3) is 0.889. The molecule has 1 heterocycles. The second-order valence-electron chi connectivity index (χ2n) is 3.54. The van der Waals surface area contributed by atoms with Crippen molar-refractivity contribution in [2.75, 3.05) is 20.6 Å². The molecule has 3 nitrogen and oxygen atoms in total. The number of hydrogen-bond donors (Lipinski definition) is 0. The summed E-state index contributed by atoms with van der Waals surface area (Å²) in [5.74, 6) is 0.315. The summed E-state index contributed by atoms with van der Waals surface area (Å²) in [7, 11) is 4.06. The summed E-state index contributed by atoms with van der Waals surface area (Å²) in [6.45, 7) is 3.06. The first-order valence-electron chi connectivity index (χ1n) is 4.62. The van der Waals surface area contributed by atoms with E-state index < -0.39 is 0 Å². The van der Waals surface area contributed by atoms with Gasteiger partial charge in [0.1, 0.15) is 0 Å². The van der Waals surface area contributed by atoms with Gasteiger partial charge in [-0.15, -0.1) is 0 Å². The molecule has 0 aromatic rings. The van der Waals surface area contributed by atoms with E-state index in [2.05, 4.69) is 11.8 Å². The Morgan fingerprint density at radius 1 is 1.58 bits per heavy atom. The van der Waals surface area contributed by atoms with Crippen LogP contribution in [0.1, 0.15) is 26.2 Å². The Kier molecular flexibility index (Phi) is 3.09. The van der Waals surface area contributed by atoms with Crippen molar-refractivity contribution in [3.8, 4) is 0 Å². The minimum Gasteiger partial charge on any atom is -0.327 e. The zero-order valence-corrected chi connectivity index (χ0v) is 8.21. The molecule has 1 aliphatic heterocycles. The average molecular weight is 170 g/mol. The third-order valence-electron chi connectivity index (χ3n) is 2.43. The quantitative estimate of drug-likeness (QED) is 0.628. The van der Waals surface area contributed by atoms with Crippen LogP contribution < -0.4 is 0 Å². The third-order valence-corrected chi connectivity index (χ3v) is 2.43. The SMILES string of the molecule is CCC(N(C)C)N1CCCC1=O. The summed E-state index contributed by atoms with van der Waals surface area (Å²) in [6.07, 6.45) is 3.09. The van der Waals surface area contributed by atoms with E-state index in [0.29, 0.717) is 12.1 Å². The second-order valence-corrected chi connectivity index (χ2v) is 3.54. The molecule has 0 aliphatic carbocycles. The fourth-order valence-electron chi connectivity index (χ4n) is 1.85. The van der Waals surface area contributed by atoms with Crippen molar-refractivity contribution in [3.05, 3.63) is 0 Å². The molecule has 1 aliphatic rings. The van der Waals surface area contributed by atoms with Gasteiger partial charge < -0.3 is 4.90 Å². The van der Waals surface area contributed by atoms with Crippen molar-refractivity contribution >= 4 is 5.91 Å². The Labute approximate surface area is 74.3 Å². The van der Waals surface area contributed by atoms with Crippen LogP contribution in [0.4, 0.5) is 0 Å².